The Balaban J connectivity index is 2.05. The lowest BCUT2D eigenvalue weighted by Crippen LogP contribution is -2.07. The molecule has 0 fully saturated rings. The summed E-state index contributed by atoms with van der Waals surface area (Å²) < 4.78 is 19.1. The summed E-state index contributed by atoms with van der Waals surface area (Å²) >= 11 is 1.50. The maximum atomic E-state index is 13.6. The van der Waals surface area contributed by atoms with Gasteiger partial charge in [0.25, 0.3) is 0 Å². The molecule has 0 aliphatic heterocycles. The Morgan fingerprint density at radius 1 is 1.53 bits per heavy atom. The van der Waals surface area contributed by atoms with Gasteiger partial charge >= 0.3 is 0 Å². The van der Waals surface area contributed by atoms with Crippen LogP contribution in [0.25, 0.3) is 0 Å². The molecule has 5 heteroatoms. The van der Waals surface area contributed by atoms with Gasteiger partial charge in [0.05, 0.1) is 10.4 Å². The molecule has 0 saturated heterocycles. The maximum absolute atomic E-state index is 13.6. The Labute approximate surface area is 103 Å². The molecule has 0 bridgehead atoms. The second-order valence-corrected chi connectivity index (χ2v) is 4.70. The highest BCUT2D eigenvalue weighted by atomic mass is 32.1. The van der Waals surface area contributed by atoms with Crippen LogP contribution >= 0.6 is 11.3 Å². The number of hydrogen-bond acceptors (Lipinski definition) is 4. The van der Waals surface area contributed by atoms with Crippen LogP contribution in [-0.2, 0) is 6.61 Å². The second kappa shape index (κ2) is 5.25. The summed E-state index contributed by atoms with van der Waals surface area (Å²) in [7, 11) is 0. The van der Waals surface area contributed by atoms with Crippen LogP contribution in [0, 0.1) is 5.82 Å². The fraction of sp³-hybridized carbons (Fsp3) is 0.250. The molecular weight excluding hydrogens is 239 g/mol. The van der Waals surface area contributed by atoms with Crippen molar-refractivity contribution < 1.29 is 9.13 Å². The van der Waals surface area contributed by atoms with Crippen LogP contribution in [0.4, 0.5) is 4.39 Å². The summed E-state index contributed by atoms with van der Waals surface area (Å²) in [6.07, 6.45) is 1.73. The minimum absolute atomic E-state index is 0.314. The molecule has 1 aromatic heterocycles. The number of aromatic nitrogens is 1. The molecule has 1 aromatic carbocycles. The zero-order valence-electron chi connectivity index (χ0n) is 9.39. The van der Waals surface area contributed by atoms with Crippen LogP contribution in [0.3, 0.4) is 0 Å². The van der Waals surface area contributed by atoms with Gasteiger partial charge in [0.1, 0.15) is 18.2 Å². The van der Waals surface area contributed by atoms with Gasteiger partial charge in [0.15, 0.2) is 0 Å². The van der Waals surface area contributed by atoms with E-state index in [-0.39, 0.29) is 11.9 Å². The van der Waals surface area contributed by atoms with Gasteiger partial charge in [-0.1, -0.05) is 6.07 Å². The molecule has 2 rings (SSSR count). The average molecular weight is 252 g/mol. The topological polar surface area (TPSA) is 48.1 Å². The van der Waals surface area contributed by atoms with Crippen LogP contribution in [0.2, 0.25) is 0 Å². The molecule has 0 radical (unpaired) electrons. The first kappa shape index (κ1) is 12.0. The summed E-state index contributed by atoms with van der Waals surface area (Å²) in [5.41, 5.74) is 7.86. The zero-order valence-corrected chi connectivity index (χ0v) is 10.2. The largest absolute Gasteiger partial charge is 0.488 e. The van der Waals surface area contributed by atoms with Crippen molar-refractivity contribution in [2.24, 2.45) is 5.73 Å². The average Bonchev–Trinajstić information content (AvgIpc) is 2.78. The minimum atomic E-state index is -0.332. The number of benzene rings is 1. The highest BCUT2D eigenvalue weighted by Crippen LogP contribution is 2.21. The van der Waals surface area contributed by atoms with E-state index in [4.69, 9.17) is 10.5 Å². The van der Waals surface area contributed by atoms with E-state index in [9.17, 15) is 4.39 Å². The van der Waals surface area contributed by atoms with E-state index in [1.807, 2.05) is 0 Å². The second-order valence-electron chi connectivity index (χ2n) is 3.73. The van der Waals surface area contributed by atoms with Gasteiger partial charge in [-0.2, -0.15) is 0 Å². The number of thiazole rings is 1. The van der Waals surface area contributed by atoms with Gasteiger partial charge in [0, 0.05) is 23.9 Å². The zero-order chi connectivity index (χ0) is 12.3. The molecule has 1 heterocycles. The third kappa shape index (κ3) is 3.01. The van der Waals surface area contributed by atoms with Crippen molar-refractivity contribution in [3.63, 3.8) is 0 Å². The molecule has 2 aromatic rings. The van der Waals surface area contributed by atoms with E-state index in [0.717, 1.165) is 4.88 Å². The number of nitrogens with zero attached hydrogens (tertiary/aromatic N) is 1. The number of hydrogen-bond donors (Lipinski definition) is 1. The van der Waals surface area contributed by atoms with Crippen molar-refractivity contribution >= 4 is 11.3 Å². The van der Waals surface area contributed by atoms with E-state index < -0.39 is 0 Å². The number of halogens is 1. The number of nitrogens with two attached hydrogens (primary N) is 1. The van der Waals surface area contributed by atoms with Crippen LogP contribution in [-0.4, -0.2) is 4.98 Å². The normalized spacial score (nSPS) is 12.4. The Morgan fingerprint density at radius 2 is 2.35 bits per heavy atom. The van der Waals surface area contributed by atoms with Crippen molar-refractivity contribution in [3.8, 4) is 5.75 Å². The highest BCUT2D eigenvalue weighted by Gasteiger charge is 2.08. The van der Waals surface area contributed by atoms with Gasteiger partial charge in [-0.15, -0.1) is 11.3 Å². The summed E-state index contributed by atoms with van der Waals surface area (Å²) in [6.45, 7) is 2.15. The lowest BCUT2D eigenvalue weighted by atomic mass is 10.1. The van der Waals surface area contributed by atoms with Gasteiger partial charge in [-0.3, -0.25) is 4.98 Å². The molecule has 1 atom stereocenters. The SMILES string of the molecule is C[C@@H](N)c1ccc(OCc2cncs2)cc1F. The predicted octanol–water partition coefficient (Wildman–Crippen LogP) is 2.88. The molecule has 0 aliphatic rings. The van der Waals surface area contributed by atoms with Crippen molar-refractivity contribution in [3.05, 3.63) is 46.2 Å². The van der Waals surface area contributed by atoms with Crippen LogP contribution in [0.15, 0.2) is 29.9 Å². The molecule has 3 nitrogen and oxygen atoms in total. The maximum Gasteiger partial charge on any atom is 0.131 e. The smallest absolute Gasteiger partial charge is 0.131 e. The fourth-order valence-corrected chi connectivity index (χ4v) is 1.94. The Bertz CT molecular complexity index is 485. The van der Waals surface area contributed by atoms with Gasteiger partial charge < -0.3 is 10.5 Å². The quantitative estimate of drug-likeness (QED) is 0.910. The monoisotopic (exact) mass is 252 g/mol. The van der Waals surface area contributed by atoms with Crippen molar-refractivity contribution in [1.82, 2.24) is 4.98 Å². The van der Waals surface area contributed by atoms with Crippen LogP contribution in [0.1, 0.15) is 23.4 Å². The number of rotatable bonds is 4. The van der Waals surface area contributed by atoms with Gasteiger partial charge in [-0.05, 0) is 13.0 Å². The lowest BCUT2D eigenvalue weighted by Gasteiger charge is -2.09. The summed E-state index contributed by atoms with van der Waals surface area (Å²) in [5.74, 6) is 0.169. The van der Waals surface area contributed by atoms with Crippen LogP contribution in [0.5, 0.6) is 5.75 Å². The Hall–Kier alpha value is -1.46. The standard InChI is InChI=1S/C12H13FN2OS/c1-8(14)11-3-2-9(4-12(11)13)16-6-10-5-15-7-17-10/h2-5,7-8H,6,14H2,1H3/t8-/m1/s1. The Morgan fingerprint density at radius 3 is 2.94 bits per heavy atom. The van der Waals surface area contributed by atoms with Gasteiger partial charge in [0.2, 0.25) is 0 Å². The molecule has 90 valence electrons. The predicted molar refractivity (Wildman–Crippen MR) is 65.4 cm³/mol. The highest BCUT2D eigenvalue weighted by molar-refractivity contribution is 7.09. The molecule has 0 spiro atoms. The summed E-state index contributed by atoms with van der Waals surface area (Å²) in [4.78, 5) is 4.94. The minimum Gasteiger partial charge on any atom is -0.488 e. The van der Waals surface area contributed by atoms with Crippen molar-refractivity contribution in [2.75, 3.05) is 0 Å². The van der Waals surface area contributed by atoms with E-state index in [0.29, 0.717) is 17.9 Å². The molecule has 0 amide bonds. The third-order valence-electron chi connectivity index (χ3n) is 2.33. The summed E-state index contributed by atoms with van der Waals surface area (Å²) in [6, 6.07) is 4.43. The molecule has 2 N–H and O–H groups in total. The lowest BCUT2D eigenvalue weighted by molar-refractivity contribution is 0.307. The molecular formula is C12H13FN2OS. The van der Waals surface area contributed by atoms with E-state index >= 15 is 0 Å². The third-order valence-corrected chi connectivity index (χ3v) is 3.08. The first-order valence-corrected chi connectivity index (χ1v) is 6.10. The molecule has 0 unspecified atom stereocenters. The van der Waals surface area contributed by atoms with Crippen molar-refractivity contribution in [1.29, 1.82) is 0 Å². The number of ether oxygens (including phenoxy) is 1. The molecule has 0 saturated carbocycles. The fourth-order valence-electron chi connectivity index (χ4n) is 1.43. The Kier molecular flexibility index (Phi) is 3.71. The van der Waals surface area contributed by atoms with E-state index in [1.165, 1.54) is 17.4 Å². The van der Waals surface area contributed by atoms with Gasteiger partial charge in [-0.25, -0.2) is 4.39 Å². The molecule has 17 heavy (non-hydrogen) atoms. The van der Waals surface area contributed by atoms with E-state index in [1.54, 1.807) is 30.8 Å². The van der Waals surface area contributed by atoms with E-state index in [2.05, 4.69) is 4.98 Å². The molecule has 0 aliphatic carbocycles. The van der Waals surface area contributed by atoms with Crippen molar-refractivity contribution in [2.45, 2.75) is 19.6 Å². The summed E-state index contributed by atoms with van der Waals surface area (Å²) in [5, 5.41) is 0. The first-order chi connectivity index (χ1) is 8.16. The first-order valence-electron chi connectivity index (χ1n) is 5.22. The van der Waals surface area contributed by atoms with Crippen LogP contribution < -0.4 is 10.5 Å².